The van der Waals surface area contributed by atoms with Gasteiger partial charge in [-0.1, -0.05) is 24.4 Å². The first-order chi connectivity index (χ1) is 15.0. The van der Waals surface area contributed by atoms with Crippen LogP contribution >= 0.6 is 11.6 Å². The van der Waals surface area contributed by atoms with E-state index in [-0.39, 0.29) is 24.3 Å². The molecule has 0 spiro atoms. The van der Waals surface area contributed by atoms with E-state index >= 15 is 0 Å². The maximum Gasteiger partial charge on any atom is 0.327 e. The smallest absolute Gasteiger partial charge is 0.327 e. The van der Waals surface area contributed by atoms with Gasteiger partial charge in [0.25, 0.3) is 5.91 Å². The van der Waals surface area contributed by atoms with Crippen molar-refractivity contribution in [1.29, 1.82) is 0 Å². The number of amides is 1. The largest absolute Gasteiger partial charge is 0.657 e. The van der Waals surface area contributed by atoms with Gasteiger partial charge in [0.15, 0.2) is 6.20 Å². The van der Waals surface area contributed by atoms with Crippen molar-refractivity contribution in [2.24, 2.45) is 5.73 Å². The normalized spacial score (nSPS) is 25.2. The minimum Gasteiger partial charge on any atom is -0.657 e. The molecule has 5 rings (SSSR count). The maximum absolute atomic E-state index is 14.0. The molecule has 31 heavy (non-hydrogen) atoms. The number of benzene rings is 1. The molecule has 1 aromatic heterocycles. The molecule has 0 saturated carbocycles. The Labute approximate surface area is 184 Å². The first-order valence-electron chi connectivity index (χ1n) is 10.4. The molecule has 2 fully saturated rings. The monoisotopic (exact) mass is 443 g/mol. The van der Waals surface area contributed by atoms with Gasteiger partial charge in [0, 0.05) is 11.8 Å². The second-order valence-corrected chi connectivity index (χ2v) is 8.77. The van der Waals surface area contributed by atoms with Crippen molar-refractivity contribution in [1.82, 2.24) is 9.88 Å². The van der Waals surface area contributed by atoms with Crippen molar-refractivity contribution in [3.63, 3.8) is 0 Å². The number of ether oxygens (including phenoxy) is 1. The fraction of sp³-hybridized carbons (Fsp3) is 0.409. The third-order valence-electron chi connectivity index (χ3n) is 6.13. The Kier molecular flexibility index (Phi) is 5.27. The second-order valence-electron chi connectivity index (χ2n) is 8.33. The topological polar surface area (TPSA) is 96.7 Å². The van der Waals surface area contributed by atoms with E-state index in [4.69, 9.17) is 27.4 Å². The number of aromatic nitrogens is 2. The summed E-state index contributed by atoms with van der Waals surface area (Å²) >= 11 is 5.89. The number of nitrogens with two attached hydrogens (primary N) is 1. The van der Waals surface area contributed by atoms with Crippen LogP contribution in [-0.2, 0) is 0 Å². The number of carbonyl (C=O) groups excluding carboxylic acids is 1. The number of H-pyrrole nitrogens is 1. The number of aromatic amines is 1. The standard InChI is InChI=1S/C22H22ClFN5O2/c23-12-8-26-21(27-9-12)18-10-29(11-19(18)25)22(30)17-4-1-13(24)5-20(17)31-16-6-14-2-3-15(7-16)28-14/h1,4-5,8-9,14-16H,2-3,6-7,10-11,25H2/q-1/p+1/t14-,15+,16?. The van der Waals surface area contributed by atoms with Gasteiger partial charge in [-0.05, 0) is 30.0 Å². The molecule has 1 unspecified atom stereocenters. The summed E-state index contributed by atoms with van der Waals surface area (Å²) in [5, 5.41) is 5.19. The molecular weight excluding hydrogens is 421 g/mol. The molecule has 0 radical (unpaired) electrons. The number of hydrogen-bond acceptors (Lipinski definition) is 4. The fourth-order valence-electron chi connectivity index (χ4n) is 4.63. The van der Waals surface area contributed by atoms with Gasteiger partial charge >= 0.3 is 5.82 Å². The van der Waals surface area contributed by atoms with Crippen molar-refractivity contribution in [2.45, 2.75) is 43.9 Å². The predicted molar refractivity (Wildman–Crippen MR) is 113 cm³/mol. The maximum atomic E-state index is 14.0. The van der Waals surface area contributed by atoms with E-state index in [1.165, 1.54) is 24.4 Å². The lowest BCUT2D eigenvalue weighted by Gasteiger charge is -2.40. The van der Waals surface area contributed by atoms with Crippen LogP contribution in [0.25, 0.3) is 10.9 Å². The highest BCUT2D eigenvalue weighted by Gasteiger charge is 2.33. The quantitative estimate of drug-likeness (QED) is 0.785. The van der Waals surface area contributed by atoms with E-state index in [1.807, 2.05) is 0 Å². The molecule has 2 aromatic rings. The number of nitrogens with zero attached hydrogens (tertiary/aromatic N) is 3. The zero-order chi connectivity index (χ0) is 21.5. The van der Waals surface area contributed by atoms with Gasteiger partial charge in [0.05, 0.1) is 30.3 Å². The highest BCUT2D eigenvalue weighted by Crippen LogP contribution is 2.39. The zero-order valence-electron chi connectivity index (χ0n) is 16.9. The minimum absolute atomic E-state index is 0.0615. The Morgan fingerprint density at radius 3 is 2.77 bits per heavy atom. The molecule has 2 bridgehead atoms. The van der Waals surface area contributed by atoms with E-state index in [2.05, 4.69) is 9.97 Å². The van der Waals surface area contributed by atoms with Crippen LogP contribution in [0.5, 0.6) is 5.75 Å². The first kappa shape index (κ1) is 20.2. The van der Waals surface area contributed by atoms with Gasteiger partial charge in [-0.3, -0.25) is 4.79 Å². The van der Waals surface area contributed by atoms with Crippen LogP contribution in [0.1, 0.15) is 41.9 Å². The van der Waals surface area contributed by atoms with Crippen LogP contribution in [-0.4, -0.2) is 47.1 Å². The van der Waals surface area contributed by atoms with Gasteiger partial charge in [-0.25, -0.2) is 9.37 Å². The summed E-state index contributed by atoms with van der Waals surface area (Å²) in [4.78, 5) is 22.2. The summed E-state index contributed by atoms with van der Waals surface area (Å²) in [6, 6.07) is 4.68. The molecule has 9 heteroatoms. The number of halogens is 2. The van der Waals surface area contributed by atoms with E-state index in [0.717, 1.165) is 31.3 Å². The Bertz CT molecular complexity index is 1030. The first-order valence-corrected chi connectivity index (χ1v) is 10.8. The molecule has 3 N–H and O–H groups in total. The Morgan fingerprint density at radius 1 is 1.29 bits per heavy atom. The van der Waals surface area contributed by atoms with Crippen molar-refractivity contribution in [3.05, 3.63) is 63.8 Å². The highest BCUT2D eigenvalue weighted by atomic mass is 35.5. The highest BCUT2D eigenvalue weighted by molar-refractivity contribution is 6.30. The van der Waals surface area contributed by atoms with Crippen LogP contribution in [0.2, 0.25) is 5.02 Å². The lowest BCUT2D eigenvalue weighted by molar-refractivity contribution is -0.386. The summed E-state index contributed by atoms with van der Waals surface area (Å²) < 4.78 is 20.2. The fourth-order valence-corrected chi connectivity index (χ4v) is 4.74. The molecule has 1 amide bonds. The van der Waals surface area contributed by atoms with Crippen LogP contribution in [0.4, 0.5) is 4.39 Å². The van der Waals surface area contributed by atoms with E-state index < -0.39 is 5.82 Å². The van der Waals surface area contributed by atoms with Gasteiger partial charge in [-0.15, -0.1) is 12.1 Å². The van der Waals surface area contributed by atoms with Gasteiger partial charge in [0.2, 0.25) is 0 Å². The molecule has 0 aliphatic carbocycles. The Hall–Kier alpha value is -2.71. The second kappa shape index (κ2) is 8.09. The van der Waals surface area contributed by atoms with Crippen molar-refractivity contribution < 1.29 is 18.9 Å². The number of hydrogen-bond donors (Lipinski definition) is 1. The van der Waals surface area contributed by atoms with Crippen LogP contribution in [0.3, 0.4) is 0 Å². The van der Waals surface area contributed by atoms with Crippen LogP contribution < -0.4 is 15.5 Å². The summed E-state index contributed by atoms with van der Waals surface area (Å²) in [5.74, 6) is 0.147. The number of piperidine rings is 1. The number of nitrogens with one attached hydrogen (secondary N) is 1. The Balaban J connectivity index is 1.34. The van der Waals surface area contributed by atoms with Crippen LogP contribution in [0.15, 0.2) is 36.3 Å². The summed E-state index contributed by atoms with van der Waals surface area (Å²) in [6.45, 7) is 0.550. The summed E-state index contributed by atoms with van der Waals surface area (Å²) in [6.07, 6.45) is 6.85. The molecule has 3 atom stereocenters. The van der Waals surface area contributed by atoms with Gasteiger partial charge < -0.3 is 20.7 Å². The average Bonchev–Trinajstić information content (AvgIpc) is 3.30. The minimum atomic E-state index is -0.435. The van der Waals surface area contributed by atoms with E-state index in [0.29, 0.717) is 40.7 Å². The molecule has 2 saturated heterocycles. The average molecular weight is 444 g/mol. The third kappa shape index (κ3) is 4.09. The lowest BCUT2D eigenvalue weighted by Crippen LogP contribution is -2.33. The lowest BCUT2D eigenvalue weighted by atomic mass is 10.0. The molecule has 1 aromatic carbocycles. The summed E-state index contributed by atoms with van der Waals surface area (Å²) in [5.41, 5.74) is 7.81. The van der Waals surface area contributed by atoms with E-state index in [1.54, 1.807) is 11.1 Å². The predicted octanol–water partition coefficient (Wildman–Crippen LogP) is 2.96. The van der Waals surface area contributed by atoms with Crippen molar-refractivity contribution >= 4 is 23.1 Å². The Morgan fingerprint density at radius 2 is 2.06 bits per heavy atom. The molecule has 162 valence electrons. The third-order valence-corrected chi connectivity index (χ3v) is 6.33. The zero-order valence-corrected chi connectivity index (χ0v) is 17.6. The van der Waals surface area contributed by atoms with Crippen molar-refractivity contribution in [2.75, 3.05) is 13.1 Å². The SMILES string of the molecule is NC1=C(c2ncc(Cl)c[nH+]2)CN(C(=O)c2ccc(F)cc2OC2C[C@H]3CC[C@@H](C2)[N-]3)C1. The number of fused-ring (bicyclic) bond motifs is 2. The number of rotatable bonds is 4. The van der Waals surface area contributed by atoms with Crippen molar-refractivity contribution in [3.8, 4) is 5.75 Å². The molecule has 3 aliphatic rings. The molecule has 7 nitrogen and oxygen atoms in total. The van der Waals surface area contributed by atoms with Gasteiger partial charge in [0.1, 0.15) is 22.8 Å². The van der Waals surface area contributed by atoms with Crippen LogP contribution in [0, 0.1) is 5.82 Å². The summed E-state index contributed by atoms with van der Waals surface area (Å²) in [7, 11) is 0. The molecule has 3 aliphatic heterocycles. The molecule has 4 heterocycles. The van der Waals surface area contributed by atoms with E-state index in [9.17, 15) is 9.18 Å². The van der Waals surface area contributed by atoms with Gasteiger partial charge in [-0.2, -0.15) is 0 Å². The molecular formula is C22H23ClFN5O2. The number of carbonyl (C=O) groups is 1.